The zero-order chi connectivity index (χ0) is 17.7. The minimum absolute atomic E-state index is 0.000457. The second-order valence-electron chi connectivity index (χ2n) is 4.83. The molecule has 0 spiro atoms. The number of benzene rings is 2. The Morgan fingerprint density at radius 3 is 2.21 bits per heavy atom. The van der Waals surface area contributed by atoms with Gasteiger partial charge in [0, 0.05) is 5.56 Å². The number of hydrogen-bond donors (Lipinski definition) is 2. The SMILES string of the molecule is COc1ccc(C(=Cc2cccc(OC)c2O)C(=O)O)cc1OC. The number of rotatable bonds is 6. The fraction of sp³-hybridized carbons (Fsp3) is 0.167. The van der Waals surface area contributed by atoms with Crippen LogP contribution in [0.25, 0.3) is 11.6 Å². The van der Waals surface area contributed by atoms with Gasteiger partial charge in [0.05, 0.1) is 26.9 Å². The Labute approximate surface area is 139 Å². The van der Waals surface area contributed by atoms with Gasteiger partial charge in [-0.25, -0.2) is 4.79 Å². The third-order valence-corrected chi connectivity index (χ3v) is 3.47. The summed E-state index contributed by atoms with van der Waals surface area (Å²) in [6, 6.07) is 9.65. The van der Waals surface area contributed by atoms with Gasteiger partial charge in [0.25, 0.3) is 0 Å². The van der Waals surface area contributed by atoms with E-state index in [4.69, 9.17) is 14.2 Å². The molecule has 2 rings (SSSR count). The summed E-state index contributed by atoms with van der Waals surface area (Å²) in [6.45, 7) is 0. The van der Waals surface area contributed by atoms with E-state index in [1.807, 2.05) is 0 Å². The number of carboxylic acid groups (broad SMARTS) is 1. The number of phenolic OH excluding ortho intramolecular Hbond substituents is 1. The fourth-order valence-corrected chi connectivity index (χ4v) is 2.25. The molecule has 0 heterocycles. The highest BCUT2D eigenvalue weighted by atomic mass is 16.5. The number of carboxylic acids is 1. The highest BCUT2D eigenvalue weighted by molar-refractivity contribution is 6.21. The van der Waals surface area contributed by atoms with Crippen molar-refractivity contribution >= 4 is 17.6 Å². The van der Waals surface area contributed by atoms with E-state index in [0.29, 0.717) is 22.6 Å². The van der Waals surface area contributed by atoms with E-state index < -0.39 is 5.97 Å². The van der Waals surface area contributed by atoms with Crippen LogP contribution in [0, 0.1) is 0 Å². The van der Waals surface area contributed by atoms with Crippen molar-refractivity contribution in [1.82, 2.24) is 0 Å². The molecule has 6 heteroatoms. The molecule has 0 unspecified atom stereocenters. The minimum atomic E-state index is -1.13. The Balaban J connectivity index is 2.57. The van der Waals surface area contributed by atoms with Gasteiger partial charge < -0.3 is 24.4 Å². The van der Waals surface area contributed by atoms with E-state index in [9.17, 15) is 15.0 Å². The van der Waals surface area contributed by atoms with Crippen LogP contribution in [0.4, 0.5) is 0 Å². The van der Waals surface area contributed by atoms with Gasteiger partial charge in [-0.3, -0.25) is 0 Å². The highest BCUT2D eigenvalue weighted by Crippen LogP contribution is 2.34. The summed E-state index contributed by atoms with van der Waals surface area (Å²) in [7, 11) is 4.40. The molecule has 0 atom stereocenters. The van der Waals surface area contributed by atoms with Crippen LogP contribution in [0.2, 0.25) is 0 Å². The van der Waals surface area contributed by atoms with Gasteiger partial charge in [-0.2, -0.15) is 0 Å². The zero-order valence-corrected chi connectivity index (χ0v) is 13.6. The van der Waals surface area contributed by atoms with Gasteiger partial charge in [-0.15, -0.1) is 0 Å². The molecule has 0 amide bonds. The van der Waals surface area contributed by atoms with Gasteiger partial charge in [0.2, 0.25) is 0 Å². The van der Waals surface area contributed by atoms with Crippen molar-refractivity contribution in [2.45, 2.75) is 0 Å². The monoisotopic (exact) mass is 330 g/mol. The van der Waals surface area contributed by atoms with Crippen molar-refractivity contribution in [3.8, 4) is 23.0 Å². The number of phenols is 1. The molecule has 0 saturated heterocycles. The number of methoxy groups -OCH3 is 3. The lowest BCUT2D eigenvalue weighted by Gasteiger charge is -2.11. The molecule has 0 bridgehead atoms. The topological polar surface area (TPSA) is 85.2 Å². The lowest BCUT2D eigenvalue weighted by molar-refractivity contribution is -0.130. The van der Waals surface area contributed by atoms with Gasteiger partial charge in [-0.1, -0.05) is 18.2 Å². The molecular weight excluding hydrogens is 312 g/mol. The minimum Gasteiger partial charge on any atom is -0.504 e. The molecule has 0 fully saturated rings. The molecule has 0 aliphatic rings. The van der Waals surface area contributed by atoms with Crippen molar-refractivity contribution in [3.63, 3.8) is 0 Å². The number of hydrogen-bond acceptors (Lipinski definition) is 5. The van der Waals surface area contributed by atoms with E-state index in [1.165, 1.54) is 27.4 Å². The Bertz CT molecular complexity index is 779. The van der Waals surface area contributed by atoms with Crippen molar-refractivity contribution in [2.24, 2.45) is 0 Å². The Hall–Kier alpha value is -3.15. The normalized spacial score (nSPS) is 11.0. The average molecular weight is 330 g/mol. The Morgan fingerprint density at radius 1 is 0.958 bits per heavy atom. The lowest BCUT2D eigenvalue weighted by atomic mass is 10.0. The van der Waals surface area contributed by atoms with Gasteiger partial charge in [0.1, 0.15) is 0 Å². The number of ether oxygens (including phenoxy) is 3. The summed E-state index contributed by atoms with van der Waals surface area (Å²) < 4.78 is 15.4. The summed E-state index contributed by atoms with van der Waals surface area (Å²) in [6.07, 6.45) is 1.38. The first-order valence-corrected chi connectivity index (χ1v) is 7.05. The molecule has 0 radical (unpaired) electrons. The van der Waals surface area contributed by atoms with Crippen LogP contribution < -0.4 is 14.2 Å². The second kappa shape index (κ2) is 7.41. The fourth-order valence-electron chi connectivity index (χ4n) is 2.25. The Kier molecular flexibility index (Phi) is 5.31. The van der Waals surface area contributed by atoms with E-state index in [-0.39, 0.29) is 17.1 Å². The molecule has 6 nitrogen and oxygen atoms in total. The lowest BCUT2D eigenvalue weighted by Crippen LogP contribution is -2.01. The first kappa shape index (κ1) is 17.2. The standard InChI is InChI=1S/C18H18O6/c1-22-14-8-7-11(10-16(14)24-3)13(18(20)21)9-12-5-4-6-15(23-2)17(12)19/h4-10,19H,1-3H3,(H,20,21). The van der Waals surface area contributed by atoms with Crippen LogP contribution in [-0.4, -0.2) is 37.5 Å². The predicted octanol–water partition coefficient (Wildman–Crippen LogP) is 3.04. The highest BCUT2D eigenvalue weighted by Gasteiger charge is 2.15. The maximum Gasteiger partial charge on any atom is 0.336 e. The van der Waals surface area contributed by atoms with Crippen LogP contribution in [-0.2, 0) is 4.79 Å². The maximum atomic E-state index is 11.7. The summed E-state index contributed by atoms with van der Waals surface area (Å²) in [5, 5.41) is 19.7. The summed E-state index contributed by atoms with van der Waals surface area (Å²) in [4.78, 5) is 11.7. The van der Waals surface area contributed by atoms with Crippen molar-refractivity contribution in [1.29, 1.82) is 0 Å². The first-order valence-electron chi connectivity index (χ1n) is 7.05. The van der Waals surface area contributed by atoms with E-state index in [1.54, 1.807) is 36.4 Å². The molecule has 126 valence electrons. The summed E-state index contributed by atoms with van der Waals surface area (Å²) in [5.74, 6) is -0.0864. The Morgan fingerprint density at radius 2 is 1.62 bits per heavy atom. The number of para-hydroxylation sites is 1. The predicted molar refractivity (Wildman–Crippen MR) is 89.7 cm³/mol. The number of carbonyl (C=O) groups is 1. The van der Waals surface area contributed by atoms with Crippen molar-refractivity contribution in [2.75, 3.05) is 21.3 Å². The molecule has 0 saturated carbocycles. The van der Waals surface area contributed by atoms with Crippen LogP contribution in [0.15, 0.2) is 36.4 Å². The average Bonchev–Trinajstić information content (AvgIpc) is 2.60. The molecule has 2 aromatic carbocycles. The maximum absolute atomic E-state index is 11.7. The summed E-state index contributed by atoms with van der Waals surface area (Å²) in [5.41, 5.74) is 0.753. The van der Waals surface area contributed by atoms with E-state index in [0.717, 1.165) is 0 Å². The van der Waals surface area contributed by atoms with Crippen LogP contribution in [0.3, 0.4) is 0 Å². The van der Waals surface area contributed by atoms with Crippen LogP contribution in [0.1, 0.15) is 11.1 Å². The van der Waals surface area contributed by atoms with Gasteiger partial charge in [-0.05, 0) is 29.8 Å². The third kappa shape index (κ3) is 3.43. The largest absolute Gasteiger partial charge is 0.504 e. The molecule has 0 aliphatic heterocycles. The molecule has 0 aliphatic carbocycles. The zero-order valence-electron chi connectivity index (χ0n) is 13.6. The first-order chi connectivity index (χ1) is 11.5. The number of aliphatic carboxylic acids is 1. The van der Waals surface area contributed by atoms with Crippen molar-refractivity contribution in [3.05, 3.63) is 47.5 Å². The molecule has 2 aromatic rings. The molecule has 0 aromatic heterocycles. The smallest absolute Gasteiger partial charge is 0.336 e. The van der Waals surface area contributed by atoms with Crippen LogP contribution >= 0.6 is 0 Å². The van der Waals surface area contributed by atoms with Crippen LogP contribution in [0.5, 0.6) is 23.0 Å². The van der Waals surface area contributed by atoms with E-state index in [2.05, 4.69) is 0 Å². The van der Waals surface area contributed by atoms with Crippen molar-refractivity contribution < 1.29 is 29.2 Å². The van der Waals surface area contributed by atoms with Gasteiger partial charge >= 0.3 is 5.97 Å². The summed E-state index contributed by atoms with van der Waals surface area (Å²) >= 11 is 0. The quantitative estimate of drug-likeness (QED) is 0.625. The molecule has 2 N–H and O–H groups in total. The van der Waals surface area contributed by atoms with Gasteiger partial charge in [0.15, 0.2) is 23.0 Å². The molecular formula is C18H18O6. The second-order valence-corrected chi connectivity index (χ2v) is 4.83. The van der Waals surface area contributed by atoms with E-state index >= 15 is 0 Å². The number of aromatic hydroxyl groups is 1. The molecule has 24 heavy (non-hydrogen) atoms. The third-order valence-electron chi connectivity index (χ3n) is 3.47.